The van der Waals surface area contributed by atoms with Crippen LogP contribution in [0.4, 0.5) is 0 Å². The normalized spacial score (nSPS) is 41.8. The van der Waals surface area contributed by atoms with E-state index in [-0.39, 0.29) is 0 Å². The summed E-state index contributed by atoms with van der Waals surface area (Å²) in [5.41, 5.74) is 2.80. The molecule has 94 valence electrons. The van der Waals surface area contributed by atoms with Gasteiger partial charge in [0.2, 0.25) is 0 Å². The van der Waals surface area contributed by atoms with Gasteiger partial charge in [0.1, 0.15) is 0 Å². The van der Waals surface area contributed by atoms with Crippen molar-refractivity contribution < 1.29 is 38.8 Å². The van der Waals surface area contributed by atoms with Gasteiger partial charge in [-0.05, 0) is 0 Å². The predicted molar refractivity (Wildman–Crippen MR) is 45.4 cm³/mol. The smallest absolute Gasteiger partial charge is 0.427 e. The van der Waals surface area contributed by atoms with Crippen LogP contribution in [0.3, 0.4) is 0 Å². The largest absolute Gasteiger partial charge is 0.435 e. The van der Waals surface area contributed by atoms with Crippen LogP contribution < -0.4 is 5.73 Å². The Morgan fingerprint density at radius 1 is 1.12 bits per heavy atom. The van der Waals surface area contributed by atoms with Gasteiger partial charge >= 0.3 is 23.9 Å². The molecule has 9 heteroatoms. The van der Waals surface area contributed by atoms with E-state index in [4.69, 9.17) is 5.73 Å². The van der Waals surface area contributed by atoms with Crippen molar-refractivity contribution in [1.29, 1.82) is 0 Å². The Balaban J connectivity index is 2.49. The number of rotatable bonds is 0. The molecule has 9 nitrogen and oxygen atoms in total. The second-order valence-electron chi connectivity index (χ2n) is 3.79. The Morgan fingerprint density at radius 3 is 2.35 bits per heavy atom. The van der Waals surface area contributed by atoms with E-state index in [0.717, 1.165) is 0 Å². The fourth-order valence-electron chi connectivity index (χ4n) is 1.51. The number of hydrogen-bond acceptors (Lipinski definition) is 9. The van der Waals surface area contributed by atoms with Gasteiger partial charge in [-0.3, -0.25) is 15.3 Å². The molecule has 2 saturated heterocycles. The van der Waals surface area contributed by atoms with Crippen LogP contribution in [0.25, 0.3) is 0 Å². The Kier molecular flexibility index (Phi) is 2.35. The molecule has 17 heavy (non-hydrogen) atoms. The van der Waals surface area contributed by atoms with Crippen molar-refractivity contribution in [1.82, 2.24) is 0 Å². The van der Waals surface area contributed by atoms with Crippen molar-refractivity contribution in [2.75, 3.05) is 0 Å². The van der Waals surface area contributed by atoms with Crippen LogP contribution in [-0.2, 0) is 28.6 Å². The van der Waals surface area contributed by atoms with Crippen LogP contribution in [0.15, 0.2) is 0 Å². The summed E-state index contributed by atoms with van der Waals surface area (Å²) in [5.74, 6) is -6.50. The first-order valence-corrected chi connectivity index (χ1v) is 4.60. The number of nitrogens with two attached hydrogens (primary N) is 1. The minimum absolute atomic E-state index is 0.815. The maximum atomic E-state index is 11.5. The molecule has 0 saturated carbocycles. The number of fused-ring (bicyclic) bond motifs is 3. The van der Waals surface area contributed by atoms with Gasteiger partial charge in [0.15, 0.2) is 5.60 Å². The Labute approximate surface area is 94.0 Å². The number of cyclic esters (lactones) is 1. The van der Waals surface area contributed by atoms with Crippen LogP contribution >= 0.6 is 0 Å². The maximum absolute atomic E-state index is 11.5. The van der Waals surface area contributed by atoms with Crippen LogP contribution in [0, 0.1) is 0 Å². The molecule has 4 N–H and O–H groups in total. The molecule has 0 aromatic carbocycles. The van der Waals surface area contributed by atoms with Gasteiger partial charge in [0.05, 0.1) is 12.8 Å². The highest BCUT2D eigenvalue weighted by Crippen LogP contribution is 2.31. The van der Waals surface area contributed by atoms with E-state index in [1.54, 1.807) is 0 Å². The van der Waals surface area contributed by atoms with Gasteiger partial charge in [-0.25, -0.2) is 4.79 Å². The van der Waals surface area contributed by atoms with Gasteiger partial charge < -0.3 is 24.4 Å². The average molecular weight is 247 g/mol. The summed E-state index contributed by atoms with van der Waals surface area (Å²) in [6.07, 6.45) is -3.54. The summed E-state index contributed by atoms with van der Waals surface area (Å²) in [7, 11) is 0. The van der Waals surface area contributed by atoms with E-state index in [1.165, 1.54) is 0 Å². The monoisotopic (exact) mass is 247 g/mol. The topological polar surface area (TPSA) is 145 Å². The number of aliphatic hydroxyl groups is 2. The molecule has 3 atom stereocenters. The highest BCUT2D eigenvalue weighted by Gasteiger charge is 2.58. The first kappa shape index (κ1) is 11.8. The number of carbonyl (C=O) groups excluding carboxylic acids is 3. The van der Waals surface area contributed by atoms with Gasteiger partial charge in [0.25, 0.3) is 6.23 Å². The van der Waals surface area contributed by atoms with Gasteiger partial charge in [-0.2, -0.15) is 0 Å². The Hall–Kier alpha value is -1.71. The molecular weight excluding hydrogens is 238 g/mol. The van der Waals surface area contributed by atoms with Crippen LogP contribution in [0.1, 0.15) is 12.8 Å². The number of carbonyl (C=O) groups is 3. The van der Waals surface area contributed by atoms with E-state index in [9.17, 15) is 24.6 Å². The zero-order chi connectivity index (χ0) is 12.8. The minimum atomic E-state index is -2.92. The molecule has 2 heterocycles. The van der Waals surface area contributed by atoms with E-state index < -0.39 is 48.6 Å². The maximum Gasteiger partial charge on any atom is 0.427 e. The molecule has 0 spiro atoms. The lowest BCUT2D eigenvalue weighted by molar-refractivity contribution is -0.361. The summed E-state index contributed by atoms with van der Waals surface area (Å²) < 4.78 is 13.2. The van der Waals surface area contributed by atoms with Gasteiger partial charge in [-0.1, -0.05) is 0 Å². The van der Waals surface area contributed by atoms with E-state index in [0.29, 0.717) is 0 Å². The van der Waals surface area contributed by atoms with Crippen molar-refractivity contribution in [2.24, 2.45) is 5.73 Å². The Bertz CT molecular complexity index is 404. The van der Waals surface area contributed by atoms with Crippen LogP contribution in [-0.4, -0.2) is 45.9 Å². The van der Waals surface area contributed by atoms with E-state index in [1.807, 2.05) is 0 Å². The van der Waals surface area contributed by atoms with Crippen molar-refractivity contribution in [2.45, 2.75) is 30.6 Å². The Morgan fingerprint density at radius 2 is 1.71 bits per heavy atom. The fraction of sp³-hybridized carbons (Fsp3) is 0.625. The summed E-state index contributed by atoms with van der Waals surface area (Å²) in [6.45, 7) is 0. The van der Waals surface area contributed by atoms with Gasteiger partial charge in [-0.15, -0.1) is 0 Å². The molecular formula is C8H9NO8. The summed E-state index contributed by atoms with van der Waals surface area (Å²) in [4.78, 5) is 34.0. The summed E-state index contributed by atoms with van der Waals surface area (Å²) in [6, 6.07) is 0. The second kappa shape index (κ2) is 3.39. The summed E-state index contributed by atoms with van der Waals surface area (Å²) >= 11 is 0. The molecule has 2 rings (SSSR count). The van der Waals surface area contributed by atoms with Crippen LogP contribution in [0.5, 0.6) is 0 Å². The van der Waals surface area contributed by atoms with Crippen molar-refractivity contribution in [3.8, 4) is 0 Å². The number of ether oxygens (including phenoxy) is 3. The highest BCUT2D eigenvalue weighted by molar-refractivity contribution is 5.91. The molecule has 2 aliphatic rings. The molecule has 0 aliphatic carbocycles. The van der Waals surface area contributed by atoms with Crippen molar-refractivity contribution in [3.05, 3.63) is 0 Å². The van der Waals surface area contributed by atoms with E-state index >= 15 is 0 Å². The zero-order valence-electron chi connectivity index (χ0n) is 8.41. The van der Waals surface area contributed by atoms with Gasteiger partial charge in [0, 0.05) is 0 Å². The molecule has 2 fully saturated rings. The second-order valence-corrected chi connectivity index (χ2v) is 3.79. The lowest BCUT2D eigenvalue weighted by atomic mass is 9.96. The standard InChI is InChI=1S/C8H9NO8/c9-5-8(14)16-4(11)2-7(13,6(12)17-8)1-3(10)15-5/h5,13-14H,1-2,9H2. The molecule has 0 amide bonds. The fourth-order valence-corrected chi connectivity index (χ4v) is 1.51. The molecule has 3 unspecified atom stereocenters. The number of esters is 3. The minimum Gasteiger partial charge on any atom is -0.435 e. The predicted octanol–water partition coefficient (Wildman–Crippen LogP) is -2.91. The molecule has 2 aliphatic heterocycles. The van der Waals surface area contributed by atoms with Crippen molar-refractivity contribution in [3.63, 3.8) is 0 Å². The highest BCUT2D eigenvalue weighted by atomic mass is 16.9. The molecule has 2 bridgehead atoms. The van der Waals surface area contributed by atoms with E-state index in [2.05, 4.69) is 14.2 Å². The zero-order valence-corrected chi connectivity index (χ0v) is 8.41. The lowest BCUT2D eigenvalue weighted by Gasteiger charge is -2.32. The lowest BCUT2D eigenvalue weighted by Crippen LogP contribution is -2.58. The first-order chi connectivity index (χ1) is 7.75. The average Bonchev–Trinajstić information content (AvgIpc) is 2.19. The third-order valence-corrected chi connectivity index (χ3v) is 2.37. The van der Waals surface area contributed by atoms with Crippen LogP contribution in [0.2, 0.25) is 0 Å². The molecule has 0 radical (unpaired) electrons. The molecule has 0 aromatic heterocycles. The quantitative estimate of drug-likeness (QED) is 0.383. The first-order valence-electron chi connectivity index (χ1n) is 4.60. The molecule has 0 aromatic rings. The van der Waals surface area contributed by atoms with Crippen molar-refractivity contribution >= 4 is 17.9 Å². The third-order valence-electron chi connectivity index (χ3n) is 2.37. The summed E-state index contributed by atoms with van der Waals surface area (Å²) in [5, 5.41) is 19.4. The third kappa shape index (κ3) is 1.84. The number of hydrogen-bond donors (Lipinski definition) is 3. The SMILES string of the molecule is NC1OC(=O)CC2(O)CC(=O)OC1(O)OC2=O.